The molecule has 0 unspecified atom stereocenters. The maximum absolute atomic E-state index is 12.8. The fourth-order valence-corrected chi connectivity index (χ4v) is 2.79. The number of rotatable bonds is 6. The van der Waals surface area contributed by atoms with Gasteiger partial charge in [-0.1, -0.05) is 6.07 Å². The van der Waals surface area contributed by atoms with Gasteiger partial charge in [-0.05, 0) is 24.3 Å². The van der Waals surface area contributed by atoms with Crippen molar-refractivity contribution in [2.45, 2.75) is 19.1 Å². The van der Waals surface area contributed by atoms with Gasteiger partial charge in [0.25, 0.3) is 6.43 Å². The maximum atomic E-state index is 12.8. The number of alkyl carbamates (subject to hydrolysis) is 1. The first-order valence-electron chi connectivity index (χ1n) is 8.52. The zero-order chi connectivity index (χ0) is 19.5. The molecule has 0 spiro atoms. The zero-order valence-corrected chi connectivity index (χ0v) is 14.5. The Bertz CT molecular complexity index is 993. The lowest BCUT2D eigenvalue weighted by Gasteiger charge is -2.08. The number of nitrogens with one attached hydrogen (secondary N) is 2. The van der Waals surface area contributed by atoms with Crippen LogP contribution in [0.1, 0.15) is 12.0 Å². The first-order chi connectivity index (χ1) is 13.6. The van der Waals surface area contributed by atoms with Crippen molar-refractivity contribution >= 4 is 17.7 Å². The minimum Gasteiger partial charge on any atom is -0.442 e. The second-order valence-corrected chi connectivity index (χ2v) is 6.17. The molecule has 2 N–H and O–H groups in total. The first-order valence-corrected chi connectivity index (χ1v) is 8.52. The van der Waals surface area contributed by atoms with Crippen molar-refractivity contribution in [1.82, 2.24) is 25.1 Å². The Morgan fingerprint density at radius 2 is 2.21 bits per heavy atom. The number of hydrogen-bond donors (Lipinski definition) is 2. The smallest absolute Gasteiger partial charge is 0.407 e. The Morgan fingerprint density at radius 3 is 3.00 bits per heavy atom. The molecule has 3 aromatic rings. The van der Waals surface area contributed by atoms with Crippen molar-refractivity contribution in [3.63, 3.8) is 0 Å². The van der Waals surface area contributed by atoms with E-state index < -0.39 is 12.5 Å². The van der Waals surface area contributed by atoms with Crippen molar-refractivity contribution in [1.29, 1.82) is 0 Å². The number of hydrogen-bond acceptors (Lipinski definition) is 6. The lowest BCUT2D eigenvalue weighted by atomic mass is 10.2. The summed E-state index contributed by atoms with van der Waals surface area (Å²) in [6, 6.07) is 7.88. The number of ether oxygens (including phenoxy) is 1. The number of carbonyl (C=O) groups is 1. The average molecular weight is 386 g/mol. The second kappa shape index (κ2) is 7.59. The minimum atomic E-state index is -2.57. The van der Waals surface area contributed by atoms with E-state index in [1.807, 2.05) is 6.07 Å². The van der Waals surface area contributed by atoms with Gasteiger partial charge in [0.2, 0.25) is 0 Å². The SMILES string of the molecule is O=C1NC[C@@H](Cn2cc(-c3cccc(Nc4cc(C(F)F)ccn4)n3)cn2)O1. The predicted octanol–water partition coefficient (Wildman–Crippen LogP) is 3.13. The van der Waals surface area contributed by atoms with Crippen LogP contribution in [0, 0.1) is 0 Å². The summed E-state index contributed by atoms with van der Waals surface area (Å²) in [6.07, 6.45) is 1.52. The fourth-order valence-electron chi connectivity index (χ4n) is 2.79. The van der Waals surface area contributed by atoms with Crippen LogP contribution in [0.25, 0.3) is 11.3 Å². The summed E-state index contributed by atoms with van der Waals surface area (Å²) >= 11 is 0. The number of alkyl halides is 2. The standard InChI is InChI=1S/C18H16F2N6O2/c19-17(20)11-4-5-21-16(6-11)25-15-3-1-2-14(24-15)12-7-23-26(9-12)10-13-8-22-18(27)28-13/h1-7,9,13,17H,8,10H2,(H,22,27)(H,21,24,25)/t13-/m0/s1. The molecular formula is C18H16F2N6O2. The van der Waals surface area contributed by atoms with Crippen molar-refractivity contribution in [2.75, 3.05) is 11.9 Å². The van der Waals surface area contributed by atoms with E-state index in [2.05, 4.69) is 25.7 Å². The van der Waals surface area contributed by atoms with E-state index in [1.165, 1.54) is 18.3 Å². The van der Waals surface area contributed by atoms with Gasteiger partial charge in [0.05, 0.1) is 25.0 Å². The summed E-state index contributed by atoms with van der Waals surface area (Å²) in [5.41, 5.74) is 1.31. The summed E-state index contributed by atoms with van der Waals surface area (Å²) < 4.78 is 32.4. The van der Waals surface area contributed by atoms with Crippen LogP contribution in [0.5, 0.6) is 0 Å². The highest BCUT2D eigenvalue weighted by Gasteiger charge is 2.23. The van der Waals surface area contributed by atoms with E-state index >= 15 is 0 Å². The molecule has 8 nitrogen and oxygen atoms in total. The van der Waals surface area contributed by atoms with Crippen LogP contribution in [-0.4, -0.2) is 38.5 Å². The van der Waals surface area contributed by atoms with Crippen LogP contribution in [0.15, 0.2) is 48.9 Å². The molecule has 1 amide bonds. The third kappa shape index (κ3) is 4.05. The molecule has 0 bridgehead atoms. The Morgan fingerprint density at radius 1 is 1.32 bits per heavy atom. The van der Waals surface area contributed by atoms with Gasteiger partial charge < -0.3 is 15.4 Å². The van der Waals surface area contributed by atoms with Gasteiger partial charge in [0.1, 0.15) is 17.7 Å². The number of amides is 1. The van der Waals surface area contributed by atoms with Gasteiger partial charge in [-0.2, -0.15) is 5.10 Å². The normalized spacial score (nSPS) is 16.1. The Balaban J connectivity index is 1.48. The number of cyclic esters (lactones) is 1. The molecule has 3 aromatic heterocycles. The summed E-state index contributed by atoms with van der Waals surface area (Å²) in [5.74, 6) is 0.756. The van der Waals surface area contributed by atoms with Crippen molar-refractivity contribution in [3.05, 3.63) is 54.5 Å². The first kappa shape index (κ1) is 17.8. The van der Waals surface area contributed by atoms with Crippen LogP contribution in [0.3, 0.4) is 0 Å². The molecular weight excluding hydrogens is 370 g/mol. The third-order valence-corrected chi connectivity index (χ3v) is 4.11. The molecule has 4 rings (SSSR count). The number of halogens is 2. The quantitative estimate of drug-likeness (QED) is 0.676. The molecule has 1 fully saturated rings. The maximum Gasteiger partial charge on any atom is 0.407 e. The van der Waals surface area contributed by atoms with E-state index in [4.69, 9.17) is 4.74 Å². The Labute approximate surface area is 158 Å². The van der Waals surface area contributed by atoms with Crippen molar-refractivity contribution in [2.24, 2.45) is 0 Å². The number of carbonyl (C=O) groups excluding carboxylic acids is 1. The lowest BCUT2D eigenvalue weighted by molar-refractivity contribution is 0.129. The molecule has 1 aliphatic rings. The number of anilines is 2. The largest absolute Gasteiger partial charge is 0.442 e. The lowest BCUT2D eigenvalue weighted by Crippen LogP contribution is -2.20. The molecule has 10 heteroatoms. The number of pyridine rings is 2. The van der Waals surface area contributed by atoms with Gasteiger partial charge in [-0.25, -0.2) is 23.5 Å². The van der Waals surface area contributed by atoms with Crippen LogP contribution in [0.4, 0.5) is 25.2 Å². The highest BCUT2D eigenvalue weighted by molar-refractivity contribution is 5.69. The van der Waals surface area contributed by atoms with Crippen LogP contribution in [0.2, 0.25) is 0 Å². The van der Waals surface area contributed by atoms with Gasteiger partial charge >= 0.3 is 6.09 Å². The molecule has 4 heterocycles. The Kier molecular flexibility index (Phi) is 4.83. The topological polar surface area (TPSA) is 94.0 Å². The number of nitrogens with zero attached hydrogens (tertiary/aromatic N) is 4. The highest BCUT2D eigenvalue weighted by atomic mass is 19.3. The van der Waals surface area contributed by atoms with E-state index in [0.29, 0.717) is 24.6 Å². The molecule has 1 atom stereocenters. The zero-order valence-electron chi connectivity index (χ0n) is 14.5. The summed E-state index contributed by atoms with van der Waals surface area (Å²) in [4.78, 5) is 19.6. The second-order valence-electron chi connectivity index (χ2n) is 6.17. The third-order valence-electron chi connectivity index (χ3n) is 4.11. The van der Waals surface area contributed by atoms with Gasteiger partial charge in [0.15, 0.2) is 0 Å². The van der Waals surface area contributed by atoms with E-state index in [1.54, 1.807) is 29.2 Å². The molecule has 1 saturated heterocycles. The van der Waals surface area contributed by atoms with E-state index in [0.717, 1.165) is 5.56 Å². The average Bonchev–Trinajstić information content (AvgIpc) is 3.31. The highest BCUT2D eigenvalue weighted by Crippen LogP contribution is 2.23. The van der Waals surface area contributed by atoms with Crippen LogP contribution < -0.4 is 10.6 Å². The van der Waals surface area contributed by atoms with Gasteiger partial charge in [0, 0.05) is 23.5 Å². The minimum absolute atomic E-state index is 0.114. The van der Waals surface area contributed by atoms with Crippen molar-refractivity contribution < 1.29 is 18.3 Å². The van der Waals surface area contributed by atoms with Crippen molar-refractivity contribution in [3.8, 4) is 11.3 Å². The van der Waals surface area contributed by atoms with E-state index in [-0.39, 0.29) is 17.5 Å². The Hall–Kier alpha value is -3.56. The molecule has 28 heavy (non-hydrogen) atoms. The molecule has 0 aromatic carbocycles. The molecule has 0 aliphatic carbocycles. The van der Waals surface area contributed by atoms with Gasteiger partial charge in [-0.3, -0.25) is 4.68 Å². The fraction of sp³-hybridized carbons (Fsp3) is 0.222. The molecule has 144 valence electrons. The van der Waals surface area contributed by atoms with Gasteiger partial charge in [-0.15, -0.1) is 0 Å². The summed E-state index contributed by atoms with van der Waals surface area (Å²) in [7, 11) is 0. The summed E-state index contributed by atoms with van der Waals surface area (Å²) in [5, 5.41) is 9.79. The van der Waals surface area contributed by atoms with E-state index in [9.17, 15) is 13.6 Å². The molecule has 0 radical (unpaired) electrons. The molecule has 1 aliphatic heterocycles. The predicted molar refractivity (Wildman–Crippen MR) is 96.2 cm³/mol. The van der Waals surface area contributed by atoms with Crippen LogP contribution in [-0.2, 0) is 11.3 Å². The molecule has 0 saturated carbocycles. The monoisotopic (exact) mass is 386 g/mol. The van der Waals surface area contributed by atoms with Crippen LogP contribution >= 0.6 is 0 Å². The number of aromatic nitrogens is 4. The summed E-state index contributed by atoms with van der Waals surface area (Å²) in [6.45, 7) is 0.872.